The molecule has 1 saturated carbocycles. The summed E-state index contributed by atoms with van der Waals surface area (Å²) >= 11 is 0. The smallest absolute Gasteiger partial charge is 0.152 e. The summed E-state index contributed by atoms with van der Waals surface area (Å²) in [5.41, 5.74) is 0.357. The minimum Gasteiger partial charge on any atom is -0.296 e. The van der Waals surface area contributed by atoms with Crippen LogP contribution in [0.1, 0.15) is 19.8 Å². The lowest BCUT2D eigenvalue weighted by Gasteiger charge is -2.32. The summed E-state index contributed by atoms with van der Waals surface area (Å²) in [5, 5.41) is 0. The van der Waals surface area contributed by atoms with Crippen molar-refractivity contribution in [2.24, 2.45) is 0 Å². The van der Waals surface area contributed by atoms with Crippen molar-refractivity contribution in [1.82, 2.24) is 4.90 Å². The van der Waals surface area contributed by atoms with Gasteiger partial charge in [-0.05, 0) is 19.8 Å². The Morgan fingerprint density at radius 3 is 2.08 bits per heavy atom. The number of hydrogen-bond acceptors (Lipinski definition) is 3. The molecule has 0 atom stereocenters. The SMILES string of the molecule is CC1(N2CCS(=O)(=O)CC2)CC1. The molecule has 4 heteroatoms. The second-order valence-corrected chi connectivity index (χ2v) is 6.44. The minimum absolute atomic E-state index is 0.357. The van der Waals surface area contributed by atoms with E-state index in [-0.39, 0.29) is 0 Å². The number of hydrogen-bond donors (Lipinski definition) is 0. The molecule has 2 aliphatic rings. The largest absolute Gasteiger partial charge is 0.296 e. The van der Waals surface area contributed by atoms with Gasteiger partial charge in [0.1, 0.15) is 0 Å². The van der Waals surface area contributed by atoms with E-state index >= 15 is 0 Å². The van der Waals surface area contributed by atoms with Crippen LogP contribution in [0.3, 0.4) is 0 Å². The molecule has 0 spiro atoms. The molecule has 0 N–H and O–H groups in total. The molecule has 70 valence electrons. The van der Waals surface area contributed by atoms with Crippen LogP contribution in [0.25, 0.3) is 0 Å². The predicted molar refractivity (Wildman–Crippen MR) is 47.9 cm³/mol. The van der Waals surface area contributed by atoms with E-state index in [1.807, 2.05) is 0 Å². The molecule has 0 bridgehead atoms. The minimum atomic E-state index is -2.69. The highest BCUT2D eigenvalue weighted by molar-refractivity contribution is 7.91. The van der Waals surface area contributed by atoms with E-state index in [1.165, 1.54) is 12.8 Å². The summed E-state index contributed by atoms with van der Waals surface area (Å²) in [7, 11) is -2.69. The van der Waals surface area contributed by atoms with Gasteiger partial charge in [0.15, 0.2) is 9.84 Å². The molecule has 1 saturated heterocycles. The van der Waals surface area contributed by atoms with Crippen molar-refractivity contribution < 1.29 is 8.42 Å². The van der Waals surface area contributed by atoms with Gasteiger partial charge in [-0.1, -0.05) is 0 Å². The summed E-state index contributed by atoms with van der Waals surface area (Å²) in [5.74, 6) is 0.727. The fraction of sp³-hybridized carbons (Fsp3) is 1.00. The normalized spacial score (nSPS) is 33.1. The van der Waals surface area contributed by atoms with Crippen LogP contribution in [-0.2, 0) is 9.84 Å². The monoisotopic (exact) mass is 189 g/mol. The summed E-state index contributed by atoms with van der Waals surface area (Å²) in [6.07, 6.45) is 2.49. The van der Waals surface area contributed by atoms with Gasteiger partial charge in [0, 0.05) is 18.6 Å². The van der Waals surface area contributed by atoms with Gasteiger partial charge in [0.2, 0.25) is 0 Å². The maximum Gasteiger partial charge on any atom is 0.152 e. The first-order chi connectivity index (χ1) is 5.52. The number of rotatable bonds is 1. The van der Waals surface area contributed by atoms with E-state index < -0.39 is 9.84 Å². The topological polar surface area (TPSA) is 37.4 Å². The van der Waals surface area contributed by atoms with Gasteiger partial charge in [0.05, 0.1) is 11.5 Å². The van der Waals surface area contributed by atoms with Gasteiger partial charge in [0.25, 0.3) is 0 Å². The fourth-order valence-corrected chi connectivity index (χ4v) is 2.95. The van der Waals surface area contributed by atoms with Crippen LogP contribution >= 0.6 is 0 Å². The van der Waals surface area contributed by atoms with Gasteiger partial charge in [-0.2, -0.15) is 0 Å². The second-order valence-electron chi connectivity index (χ2n) is 4.14. The molecular formula is C8H15NO2S. The van der Waals surface area contributed by atoms with Gasteiger partial charge >= 0.3 is 0 Å². The van der Waals surface area contributed by atoms with Crippen LogP contribution in [0.4, 0.5) is 0 Å². The highest BCUT2D eigenvalue weighted by Crippen LogP contribution is 2.41. The van der Waals surface area contributed by atoms with Crippen LogP contribution in [0.2, 0.25) is 0 Å². The quantitative estimate of drug-likeness (QED) is 0.594. The van der Waals surface area contributed by atoms with Crippen molar-refractivity contribution in [3.05, 3.63) is 0 Å². The van der Waals surface area contributed by atoms with Gasteiger partial charge in [-0.3, -0.25) is 4.90 Å². The highest BCUT2D eigenvalue weighted by Gasteiger charge is 2.44. The average molecular weight is 189 g/mol. The molecule has 0 aromatic heterocycles. The van der Waals surface area contributed by atoms with Crippen molar-refractivity contribution >= 4 is 9.84 Å². The third-order valence-corrected chi connectivity index (χ3v) is 4.69. The predicted octanol–water partition coefficient (Wildman–Crippen LogP) is 0.269. The second kappa shape index (κ2) is 2.45. The van der Waals surface area contributed by atoms with Crippen LogP contribution in [0, 0.1) is 0 Å². The molecule has 1 aliphatic heterocycles. The van der Waals surface area contributed by atoms with Crippen molar-refractivity contribution in [1.29, 1.82) is 0 Å². The van der Waals surface area contributed by atoms with E-state index in [0.717, 1.165) is 13.1 Å². The summed E-state index contributed by atoms with van der Waals surface area (Å²) < 4.78 is 22.2. The molecule has 0 amide bonds. The Morgan fingerprint density at radius 1 is 1.17 bits per heavy atom. The molecule has 0 unspecified atom stereocenters. The lowest BCUT2D eigenvalue weighted by molar-refractivity contribution is 0.208. The van der Waals surface area contributed by atoms with E-state index in [1.54, 1.807) is 0 Å². The van der Waals surface area contributed by atoms with E-state index in [0.29, 0.717) is 17.0 Å². The van der Waals surface area contributed by atoms with Gasteiger partial charge in [-0.25, -0.2) is 8.42 Å². The molecule has 1 heterocycles. The zero-order valence-corrected chi connectivity index (χ0v) is 8.23. The van der Waals surface area contributed by atoms with E-state index in [4.69, 9.17) is 0 Å². The Hall–Kier alpha value is -0.0900. The van der Waals surface area contributed by atoms with Crippen LogP contribution < -0.4 is 0 Å². The van der Waals surface area contributed by atoms with Crippen LogP contribution in [0.5, 0.6) is 0 Å². The number of sulfone groups is 1. The average Bonchev–Trinajstić information content (AvgIpc) is 2.68. The lowest BCUT2D eigenvalue weighted by atomic mass is 10.2. The molecule has 12 heavy (non-hydrogen) atoms. The summed E-state index contributed by atoms with van der Waals surface area (Å²) in [4.78, 5) is 2.33. The maximum absolute atomic E-state index is 11.1. The Bertz CT molecular complexity index is 265. The van der Waals surface area contributed by atoms with Crippen LogP contribution in [0.15, 0.2) is 0 Å². The van der Waals surface area contributed by atoms with Gasteiger partial charge < -0.3 is 0 Å². The van der Waals surface area contributed by atoms with Gasteiger partial charge in [-0.15, -0.1) is 0 Å². The van der Waals surface area contributed by atoms with Crippen molar-refractivity contribution in [3.8, 4) is 0 Å². The van der Waals surface area contributed by atoms with Crippen molar-refractivity contribution in [2.75, 3.05) is 24.6 Å². The molecule has 2 rings (SSSR count). The zero-order valence-electron chi connectivity index (χ0n) is 7.41. The first-order valence-corrected chi connectivity index (χ1v) is 6.30. The molecule has 0 radical (unpaired) electrons. The Kier molecular flexibility index (Phi) is 1.74. The standard InChI is InChI=1S/C8H15NO2S/c1-8(2-3-8)9-4-6-12(10,11)7-5-9/h2-7H2,1H3. The number of nitrogens with zero attached hydrogens (tertiary/aromatic N) is 1. The summed E-state index contributed by atoms with van der Waals surface area (Å²) in [6, 6.07) is 0. The third-order valence-electron chi connectivity index (χ3n) is 3.08. The Morgan fingerprint density at radius 2 is 1.67 bits per heavy atom. The molecular weight excluding hydrogens is 174 g/mol. The van der Waals surface area contributed by atoms with E-state index in [2.05, 4.69) is 11.8 Å². The van der Waals surface area contributed by atoms with Crippen molar-refractivity contribution in [2.45, 2.75) is 25.3 Å². The van der Waals surface area contributed by atoms with Crippen LogP contribution in [-0.4, -0.2) is 43.5 Å². The molecule has 3 nitrogen and oxygen atoms in total. The first kappa shape index (κ1) is 8.51. The summed E-state index contributed by atoms with van der Waals surface area (Å²) in [6.45, 7) is 3.72. The Labute approximate surface area is 73.7 Å². The first-order valence-electron chi connectivity index (χ1n) is 4.47. The van der Waals surface area contributed by atoms with E-state index in [9.17, 15) is 8.42 Å². The molecule has 0 aromatic carbocycles. The zero-order chi connectivity index (χ0) is 8.82. The Balaban J connectivity index is 1.99. The lowest BCUT2D eigenvalue weighted by Crippen LogP contribution is -2.46. The molecule has 2 fully saturated rings. The third kappa shape index (κ3) is 1.50. The molecule has 1 aliphatic carbocycles. The fourth-order valence-electron chi connectivity index (χ4n) is 1.75. The molecule has 0 aromatic rings. The van der Waals surface area contributed by atoms with Crippen molar-refractivity contribution in [3.63, 3.8) is 0 Å². The maximum atomic E-state index is 11.1. The highest BCUT2D eigenvalue weighted by atomic mass is 32.2.